The minimum atomic E-state index is -0.783. The standard InChI is InChI=1S/C10H10FN.C9H10ClF.C9H11Cl.C9H10F2.C9H11F.C8H9ClFN.C8H10ClN.C8H10FN/c1-7(2)8-3-4-9(6-12)10(11)5-8;1-6(2)7-3-4-8(10)9(11)5-7;1-7(2)8-3-5-9(10)6-4-8;1-6(2)7-3-4-8(10)9(11)5-7;1-7(2)8-3-5-9(10)6-4-8;1-5(2)6-3-7(10)8(9)11-4-6;2*1-6(2)7-3-4-8(9)10-5-7/h3-5,7H,1-2H3;3-6H,1-2H3;3-7H,1-2H3;3-6H,1-2H3;3-7H,1-2H3;3-5H,1-2H3;2*3-6H,1-2H3. The van der Waals surface area contributed by atoms with E-state index >= 15 is 0 Å². The van der Waals surface area contributed by atoms with Crippen LogP contribution in [0.1, 0.15) is 208 Å². The molecule has 3 aromatic heterocycles. The van der Waals surface area contributed by atoms with Gasteiger partial charge in [-0.1, -0.05) is 212 Å². The van der Waals surface area contributed by atoms with Gasteiger partial charge >= 0.3 is 0 Å². The van der Waals surface area contributed by atoms with E-state index in [9.17, 15) is 30.7 Å². The monoisotopic (exact) mass is 1250 g/mol. The zero-order valence-electron chi connectivity index (χ0n) is 51.5. The van der Waals surface area contributed by atoms with Crippen LogP contribution in [0.5, 0.6) is 0 Å². The number of hydrogen-bond donors (Lipinski definition) is 0. The van der Waals surface area contributed by atoms with Gasteiger partial charge in [0.25, 0.3) is 0 Å². The molecule has 0 aliphatic heterocycles. The van der Waals surface area contributed by atoms with Gasteiger partial charge in [-0.15, -0.1) is 0 Å². The molecule has 0 radical (unpaired) electrons. The average molecular weight is 1250 g/mol. The first-order chi connectivity index (χ1) is 39.8. The van der Waals surface area contributed by atoms with E-state index in [0.29, 0.717) is 40.7 Å². The van der Waals surface area contributed by atoms with Crippen molar-refractivity contribution < 1.29 is 30.7 Å². The number of aromatic nitrogens is 3. The Hall–Kier alpha value is -6.29. The maximum Gasteiger partial charge on any atom is 0.212 e. The zero-order valence-corrected chi connectivity index (χ0v) is 54.5. The van der Waals surface area contributed by atoms with E-state index in [1.165, 1.54) is 65.2 Å². The highest BCUT2D eigenvalue weighted by molar-refractivity contribution is 6.31. The number of nitriles is 1. The highest BCUT2D eigenvalue weighted by Crippen LogP contribution is 2.23. The van der Waals surface area contributed by atoms with Crippen LogP contribution >= 0.6 is 46.4 Å². The summed E-state index contributed by atoms with van der Waals surface area (Å²) in [6, 6.07) is 38.4. The third kappa shape index (κ3) is 31.1. The van der Waals surface area contributed by atoms with Crippen molar-refractivity contribution in [3.63, 3.8) is 0 Å². The summed E-state index contributed by atoms with van der Waals surface area (Å²) in [4.78, 5) is 11.2. The molecule has 0 spiro atoms. The topological polar surface area (TPSA) is 62.5 Å². The van der Waals surface area contributed by atoms with Crippen molar-refractivity contribution >= 4 is 46.4 Å². The summed E-state index contributed by atoms with van der Waals surface area (Å²) < 4.78 is 88.1. The average Bonchev–Trinajstić information content (AvgIpc) is 3.56. The lowest BCUT2D eigenvalue weighted by Gasteiger charge is -2.04. The van der Waals surface area contributed by atoms with Gasteiger partial charge in [-0.3, -0.25) is 0 Å². The summed E-state index contributed by atoms with van der Waals surface area (Å²) in [5.41, 5.74) is 8.52. The Morgan fingerprint density at radius 2 is 0.694 bits per heavy atom. The van der Waals surface area contributed by atoms with Crippen molar-refractivity contribution in [2.24, 2.45) is 0 Å². The Morgan fingerprint density at radius 3 is 1.07 bits per heavy atom. The molecule has 3 heterocycles. The van der Waals surface area contributed by atoms with Crippen molar-refractivity contribution in [1.82, 2.24) is 15.0 Å². The lowest BCUT2D eigenvalue weighted by molar-refractivity contribution is 0.506. The van der Waals surface area contributed by atoms with E-state index in [4.69, 9.17) is 51.7 Å². The smallest absolute Gasteiger partial charge is 0.212 e. The number of pyridine rings is 3. The van der Waals surface area contributed by atoms with Gasteiger partial charge in [0.15, 0.2) is 22.6 Å². The number of halogens is 11. The quantitative estimate of drug-likeness (QED) is 0.112. The van der Waals surface area contributed by atoms with Crippen LogP contribution in [0.3, 0.4) is 0 Å². The molecule has 8 rings (SSSR count). The van der Waals surface area contributed by atoms with E-state index < -0.39 is 29.2 Å². The minimum absolute atomic E-state index is 0.0607. The van der Waals surface area contributed by atoms with Crippen molar-refractivity contribution in [3.05, 3.63) is 263 Å². The minimum Gasteiger partial charge on any atom is -0.244 e. The van der Waals surface area contributed by atoms with E-state index in [2.05, 4.69) is 82.5 Å². The predicted octanol–water partition coefficient (Wildman–Crippen LogP) is 24.1. The number of rotatable bonds is 8. The first-order valence-electron chi connectivity index (χ1n) is 27.9. The number of hydrogen-bond acceptors (Lipinski definition) is 4. The number of nitrogens with zero attached hydrogens (tertiary/aromatic N) is 4. The lowest BCUT2D eigenvalue weighted by atomic mass is 10.0. The zero-order chi connectivity index (χ0) is 64.7. The molecule has 8 aromatic rings. The van der Waals surface area contributed by atoms with Crippen LogP contribution in [-0.4, -0.2) is 15.0 Å². The third-order valence-corrected chi connectivity index (χ3v) is 13.5. The van der Waals surface area contributed by atoms with Gasteiger partial charge < -0.3 is 0 Å². The summed E-state index contributed by atoms with van der Waals surface area (Å²) in [6.45, 7) is 32.7. The lowest BCUT2D eigenvalue weighted by Crippen LogP contribution is -1.91. The molecule has 0 unspecified atom stereocenters. The largest absolute Gasteiger partial charge is 0.244 e. The van der Waals surface area contributed by atoms with Crippen molar-refractivity contribution in [2.75, 3.05) is 0 Å². The van der Waals surface area contributed by atoms with Gasteiger partial charge in [-0.05, 0) is 171 Å². The van der Waals surface area contributed by atoms with E-state index in [-0.39, 0.29) is 39.2 Å². The predicted molar refractivity (Wildman–Crippen MR) is 342 cm³/mol. The molecule has 0 aliphatic rings. The van der Waals surface area contributed by atoms with Gasteiger partial charge in [-0.25, -0.2) is 41.3 Å². The summed E-state index contributed by atoms with van der Waals surface area (Å²) in [5.74, 6) is -0.122. The molecular weight excluding hydrogens is 1170 g/mol. The molecular formula is C70H81Cl4F7N4. The molecule has 458 valence electrons. The van der Waals surface area contributed by atoms with Crippen LogP contribution < -0.4 is 0 Å². The second-order valence-electron chi connectivity index (χ2n) is 21.9. The van der Waals surface area contributed by atoms with Gasteiger partial charge in [0.05, 0.1) is 10.6 Å². The highest BCUT2D eigenvalue weighted by atomic mass is 35.5. The molecule has 0 saturated heterocycles. The molecule has 5 aromatic carbocycles. The fraction of sp³-hybridized carbons (Fsp3) is 0.343. The Bertz CT molecular complexity index is 2870. The molecule has 0 N–H and O–H groups in total. The molecule has 0 bridgehead atoms. The van der Waals surface area contributed by atoms with Crippen molar-refractivity contribution in [3.8, 4) is 6.07 Å². The van der Waals surface area contributed by atoms with Gasteiger partial charge in [0, 0.05) is 23.6 Å². The molecule has 0 aliphatic carbocycles. The van der Waals surface area contributed by atoms with Gasteiger partial charge in [-0.2, -0.15) is 9.65 Å². The van der Waals surface area contributed by atoms with Crippen LogP contribution in [0.2, 0.25) is 20.4 Å². The fourth-order valence-corrected chi connectivity index (χ4v) is 7.09. The molecule has 0 atom stereocenters. The third-order valence-electron chi connectivity index (χ3n) is 12.4. The second kappa shape index (κ2) is 40.2. The maximum absolute atomic E-state index is 13.0. The highest BCUT2D eigenvalue weighted by Gasteiger charge is 2.08. The maximum atomic E-state index is 13.0. The normalized spacial score (nSPS) is 10.4. The summed E-state index contributed by atoms with van der Waals surface area (Å²) in [6.07, 6.45) is 4.98. The Balaban J connectivity index is 0.000000486. The first-order valence-corrected chi connectivity index (χ1v) is 29.4. The SMILES string of the molecule is CC(C)c1ccc(C#N)c(F)c1.CC(C)c1ccc(Cl)c(F)c1.CC(C)c1ccc(Cl)cc1.CC(C)c1ccc(Cl)nc1.CC(C)c1ccc(F)c(F)c1.CC(C)c1ccc(F)cc1.CC(C)c1ccc(F)nc1.CC(C)c1cnc(Cl)c(F)c1. The van der Waals surface area contributed by atoms with Crippen LogP contribution in [0, 0.1) is 52.2 Å². The van der Waals surface area contributed by atoms with Crippen LogP contribution in [0.4, 0.5) is 30.7 Å². The van der Waals surface area contributed by atoms with E-state index in [1.807, 2.05) is 104 Å². The molecule has 0 amide bonds. The van der Waals surface area contributed by atoms with Crippen LogP contribution in [0.15, 0.2) is 152 Å². The van der Waals surface area contributed by atoms with Gasteiger partial charge in [0.2, 0.25) is 5.95 Å². The Labute approximate surface area is 521 Å². The van der Waals surface area contributed by atoms with Crippen LogP contribution in [-0.2, 0) is 0 Å². The van der Waals surface area contributed by atoms with E-state index in [1.54, 1.807) is 42.7 Å². The molecule has 85 heavy (non-hydrogen) atoms. The Kier molecular flexibility index (Phi) is 36.2. The summed E-state index contributed by atoms with van der Waals surface area (Å²) in [7, 11) is 0. The van der Waals surface area contributed by atoms with Crippen molar-refractivity contribution in [1.29, 1.82) is 5.26 Å². The molecule has 15 heteroatoms. The summed E-state index contributed by atoms with van der Waals surface area (Å²) >= 11 is 22.2. The number of benzene rings is 5. The second-order valence-corrected chi connectivity index (χ2v) is 23.5. The Morgan fingerprint density at radius 1 is 0.329 bits per heavy atom. The molecule has 0 saturated carbocycles. The molecule has 4 nitrogen and oxygen atoms in total. The van der Waals surface area contributed by atoms with Crippen LogP contribution in [0.25, 0.3) is 0 Å². The summed E-state index contributed by atoms with van der Waals surface area (Å²) in [5, 5.41) is 9.96. The fourth-order valence-electron chi connectivity index (χ4n) is 6.63. The molecule has 0 fully saturated rings. The van der Waals surface area contributed by atoms with E-state index in [0.717, 1.165) is 38.9 Å². The van der Waals surface area contributed by atoms with Crippen molar-refractivity contribution in [2.45, 2.75) is 158 Å². The van der Waals surface area contributed by atoms with Gasteiger partial charge in [0.1, 0.15) is 28.7 Å². The first kappa shape index (κ1) is 76.7.